The van der Waals surface area contributed by atoms with Crippen LogP contribution in [0.4, 0.5) is 11.4 Å². The Morgan fingerprint density at radius 2 is 1.76 bits per heavy atom. The van der Waals surface area contributed by atoms with Gasteiger partial charge in [0.25, 0.3) is 0 Å². The van der Waals surface area contributed by atoms with Crippen molar-refractivity contribution in [2.24, 2.45) is 5.92 Å². The molecule has 114 valence electrons. The maximum atomic E-state index is 11.7. The van der Waals surface area contributed by atoms with Crippen molar-refractivity contribution in [2.75, 3.05) is 30.8 Å². The Labute approximate surface area is 126 Å². The Balaban J connectivity index is 1.52. The van der Waals surface area contributed by atoms with Crippen LogP contribution in [-0.2, 0) is 4.79 Å². The zero-order valence-corrected chi connectivity index (χ0v) is 12.8. The lowest BCUT2D eigenvalue weighted by atomic mass is 10.1. The Bertz CT molecular complexity index is 481. The Kier molecular flexibility index (Phi) is 4.44. The molecule has 1 aromatic carbocycles. The van der Waals surface area contributed by atoms with Crippen LogP contribution < -0.4 is 10.6 Å². The summed E-state index contributed by atoms with van der Waals surface area (Å²) in [4.78, 5) is 14.1. The Morgan fingerprint density at radius 1 is 1.05 bits per heavy atom. The number of rotatable bonds is 4. The molecule has 0 aromatic heterocycles. The molecule has 1 aromatic rings. The fraction of sp³-hybridized carbons (Fsp3) is 0.588. The van der Waals surface area contributed by atoms with Crippen LogP contribution in [0.1, 0.15) is 32.1 Å². The molecule has 2 fully saturated rings. The molecule has 1 unspecified atom stereocenters. The van der Waals surface area contributed by atoms with Crippen LogP contribution in [0.15, 0.2) is 24.3 Å². The number of hydrogen-bond donors (Lipinski definition) is 2. The molecular weight excluding hydrogens is 262 g/mol. The average Bonchev–Trinajstić information content (AvgIpc) is 3.30. The normalized spacial score (nSPS) is 23.4. The number of carbonyl (C=O) groups is 1. The van der Waals surface area contributed by atoms with Crippen molar-refractivity contribution in [3.63, 3.8) is 0 Å². The molecule has 2 aliphatic rings. The first-order chi connectivity index (χ1) is 10.2. The van der Waals surface area contributed by atoms with Gasteiger partial charge in [-0.3, -0.25) is 4.79 Å². The van der Waals surface area contributed by atoms with Crippen LogP contribution in [0, 0.1) is 5.92 Å². The molecule has 3 rings (SSSR count). The van der Waals surface area contributed by atoms with Gasteiger partial charge in [0.15, 0.2) is 0 Å². The molecule has 21 heavy (non-hydrogen) atoms. The van der Waals surface area contributed by atoms with Crippen molar-refractivity contribution in [2.45, 2.75) is 38.1 Å². The molecule has 2 N–H and O–H groups in total. The molecule has 1 atom stereocenters. The lowest BCUT2D eigenvalue weighted by Crippen LogP contribution is -2.23. The summed E-state index contributed by atoms with van der Waals surface area (Å²) in [6, 6.07) is 8.67. The summed E-state index contributed by atoms with van der Waals surface area (Å²) >= 11 is 0. The highest BCUT2D eigenvalue weighted by molar-refractivity contribution is 5.94. The highest BCUT2D eigenvalue weighted by atomic mass is 16.2. The number of likely N-dealkylation sites (tertiary alicyclic amines) is 1. The van der Waals surface area contributed by atoms with Crippen LogP contribution in [0.5, 0.6) is 0 Å². The summed E-state index contributed by atoms with van der Waals surface area (Å²) in [6.07, 6.45) is 5.76. The highest BCUT2D eigenvalue weighted by Gasteiger charge is 2.29. The van der Waals surface area contributed by atoms with E-state index in [1.807, 2.05) is 12.1 Å². The van der Waals surface area contributed by atoms with Crippen molar-refractivity contribution in [1.29, 1.82) is 0 Å². The van der Waals surface area contributed by atoms with E-state index in [9.17, 15) is 4.79 Å². The predicted octanol–water partition coefficient (Wildman–Crippen LogP) is 2.93. The summed E-state index contributed by atoms with van der Waals surface area (Å²) in [6.45, 7) is 2.36. The van der Waals surface area contributed by atoms with E-state index in [2.05, 4.69) is 34.7 Å². The van der Waals surface area contributed by atoms with Crippen LogP contribution >= 0.6 is 0 Å². The van der Waals surface area contributed by atoms with E-state index in [1.54, 1.807) is 0 Å². The smallest absolute Gasteiger partial charge is 0.227 e. The van der Waals surface area contributed by atoms with Gasteiger partial charge < -0.3 is 15.5 Å². The number of nitrogens with zero attached hydrogens (tertiary/aromatic N) is 1. The van der Waals surface area contributed by atoms with Gasteiger partial charge in [-0.25, -0.2) is 0 Å². The van der Waals surface area contributed by atoms with Crippen LogP contribution in [0.3, 0.4) is 0 Å². The number of hydrogen-bond acceptors (Lipinski definition) is 3. The molecule has 4 nitrogen and oxygen atoms in total. The van der Waals surface area contributed by atoms with Crippen molar-refractivity contribution >= 4 is 17.3 Å². The molecule has 1 saturated carbocycles. The van der Waals surface area contributed by atoms with Gasteiger partial charge in [-0.2, -0.15) is 0 Å². The van der Waals surface area contributed by atoms with Crippen molar-refractivity contribution < 1.29 is 4.79 Å². The first kappa shape index (κ1) is 14.4. The summed E-state index contributed by atoms with van der Waals surface area (Å²) in [7, 11) is 2.19. The van der Waals surface area contributed by atoms with E-state index in [0.29, 0.717) is 6.04 Å². The number of nitrogens with one attached hydrogen (secondary N) is 2. The lowest BCUT2D eigenvalue weighted by Gasteiger charge is -2.18. The monoisotopic (exact) mass is 287 g/mol. The van der Waals surface area contributed by atoms with E-state index >= 15 is 0 Å². The largest absolute Gasteiger partial charge is 0.382 e. The van der Waals surface area contributed by atoms with Crippen LogP contribution in [-0.4, -0.2) is 37.0 Å². The topological polar surface area (TPSA) is 44.4 Å². The minimum absolute atomic E-state index is 0.169. The molecule has 1 amide bonds. The third-order valence-corrected chi connectivity index (χ3v) is 4.42. The SMILES string of the molecule is CN1CCCC(Nc2ccc(NC(=O)C3CC3)cc2)CC1. The van der Waals surface area contributed by atoms with Gasteiger partial charge in [0.1, 0.15) is 0 Å². The van der Waals surface area contributed by atoms with E-state index in [1.165, 1.54) is 25.8 Å². The molecule has 0 spiro atoms. The number of amides is 1. The molecule has 1 saturated heterocycles. The van der Waals surface area contributed by atoms with Gasteiger partial charge in [0.05, 0.1) is 0 Å². The van der Waals surface area contributed by atoms with Gasteiger partial charge in [-0.15, -0.1) is 0 Å². The molecule has 4 heteroatoms. The maximum absolute atomic E-state index is 11.7. The zero-order valence-electron chi connectivity index (χ0n) is 12.8. The quantitative estimate of drug-likeness (QED) is 0.895. The summed E-state index contributed by atoms with van der Waals surface area (Å²) < 4.78 is 0. The summed E-state index contributed by atoms with van der Waals surface area (Å²) in [5, 5.41) is 6.59. The van der Waals surface area contributed by atoms with Gasteiger partial charge in [0, 0.05) is 23.3 Å². The molecule has 1 aliphatic carbocycles. The predicted molar refractivity (Wildman–Crippen MR) is 86.6 cm³/mol. The van der Waals surface area contributed by atoms with Crippen LogP contribution in [0.25, 0.3) is 0 Å². The fourth-order valence-corrected chi connectivity index (χ4v) is 2.86. The minimum Gasteiger partial charge on any atom is -0.382 e. The second-order valence-electron chi connectivity index (χ2n) is 6.42. The molecule has 1 heterocycles. The van der Waals surface area contributed by atoms with Crippen molar-refractivity contribution in [3.05, 3.63) is 24.3 Å². The third-order valence-electron chi connectivity index (χ3n) is 4.42. The maximum Gasteiger partial charge on any atom is 0.227 e. The van der Waals surface area contributed by atoms with E-state index < -0.39 is 0 Å². The van der Waals surface area contributed by atoms with Crippen LogP contribution in [0.2, 0.25) is 0 Å². The highest BCUT2D eigenvalue weighted by Crippen LogP contribution is 2.30. The summed E-state index contributed by atoms with van der Waals surface area (Å²) in [5.41, 5.74) is 2.05. The minimum atomic E-state index is 0.169. The second kappa shape index (κ2) is 6.48. The first-order valence-electron chi connectivity index (χ1n) is 8.07. The average molecular weight is 287 g/mol. The van der Waals surface area contributed by atoms with Gasteiger partial charge in [-0.1, -0.05) is 0 Å². The molecule has 1 aliphatic heterocycles. The van der Waals surface area contributed by atoms with Crippen molar-refractivity contribution in [3.8, 4) is 0 Å². The molecular formula is C17H25N3O. The second-order valence-corrected chi connectivity index (χ2v) is 6.42. The molecule has 0 bridgehead atoms. The van der Waals surface area contributed by atoms with E-state index in [-0.39, 0.29) is 11.8 Å². The number of anilines is 2. The third kappa shape index (κ3) is 4.21. The Hall–Kier alpha value is -1.55. The van der Waals surface area contributed by atoms with Crippen molar-refractivity contribution in [1.82, 2.24) is 4.90 Å². The number of benzene rings is 1. The van der Waals surface area contributed by atoms with Gasteiger partial charge >= 0.3 is 0 Å². The Morgan fingerprint density at radius 3 is 2.48 bits per heavy atom. The number of carbonyl (C=O) groups excluding carboxylic acids is 1. The standard InChI is InChI=1S/C17H25N3O/c1-20-11-2-3-14(10-12-20)18-15-6-8-16(9-7-15)19-17(21)13-4-5-13/h6-9,13-14,18H,2-5,10-12H2,1H3,(H,19,21). The van der Waals surface area contributed by atoms with E-state index in [4.69, 9.17) is 0 Å². The summed E-state index contributed by atoms with van der Waals surface area (Å²) in [5.74, 6) is 0.424. The molecule has 0 radical (unpaired) electrons. The van der Waals surface area contributed by atoms with Gasteiger partial charge in [-0.05, 0) is 76.5 Å². The fourth-order valence-electron chi connectivity index (χ4n) is 2.86. The van der Waals surface area contributed by atoms with Gasteiger partial charge in [0.2, 0.25) is 5.91 Å². The van der Waals surface area contributed by atoms with E-state index in [0.717, 1.165) is 30.8 Å². The first-order valence-corrected chi connectivity index (χ1v) is 8.07. The zero-order chi connectivity index (χ0) is 14.7. The lowest BCUT2D eigenvalue weighted by molar-refractivity contribution is -0.117.